The molecule has 142 valence electrons. The van der Waals surface area contributed by atoms with Crippen molar-refractivity contribution in [1.82, 2.24) is 15.5 Å². The van der Waals surface area contributed by atoms with Gasteiger partial charge in [-0.2, -0.15) is 0 Å². The molecule has 1 atom stereocenters. The number of furan rings is 1. The van der Waals surface area contributed by atoms with Crippen LogP contribution in [0.15, 0.2) is 50.7 Å². The van der Waals surface area contributed by atoms with E-state index in [9.17, 15) is 4.79 Å². The van der Waals surface area contributed by atoms with E-state index in [1.54, 1.807) is 57.7 Å². The minimum Gasteiger partial charge on any atom is -0.497 e. The molecule has 8 nitrogen and oxygen atoms in total. The highest BCUT2D eigenvalue weighted by Crippen LogP contribution is 2.34. The van der Waals surface area contributed by atoms with Gasteiger partial charge in [-0.15, -0.1) is 10.2 Å². The minimum absolute atomic E-state index is 0.154. The van der Waals surface area contributed by atoms with Gasteiger partial charge >= 0.3 is 0 Å². The quantitative estimate of drug-likeness (QED) is 0.587. The van der Waals surface area contributed by atoms with Crippen LogP contribution in [0.2, 0.25) is 0 Å². The molecule has 0 aliphatic heterocycles. The van der Waals surface area contributed by atoms with Crippen molar-refractivity contribution in [1.29, 1.82) is 0 Å². The second kappa shape index (κ2) is 8.63. The van der Waals surface area contributed by atoms with Crippen molar-refractivity contribution in [2.45, 2.75) is 23.9 Å². The van der Waals surface area contributed by atoms with Crippen LogP contribution in [0.25, 0.3) is 11.5 Å². The Bertz CT molecular complexity index is 894. The average molecular weight is 389 g/mol. The summed E-state index contributed by atoms with van der Waals surface area (Å²) in [6.07, 6.45) is 1.56. The minimum atomic E-state index is -0.411. The van der Waals surface area contributed by atoms with E-state index >= 15 is 0 Å². The van der Waals surface area contributed by atoms with Crippen LogP contribution in [0.5, 0.6) is 11.5 Å². The van der Waals surface area contributed by atoms with Gasteiger partial charge in [-0.05, 0) is 31.2 Å². The Balaban J connectivity index is 1.64. The number of ether oxygens (including phenoxy) is 2. The number of thioether (sulfide) groups is 1. The third kappa shape index (κ3) is 4.62. The predicted molar refractivity (Wildman–Crippen MR) is 98.7 cm³/mol. The van der Waals surface area contributed by atoms with Crippen molar-refractivity contribution in [2.75, 3.05) is 14.2 Å². The number of carbonyl (C=O) groups is 1. The zero-order chi connectivity index (χ0) is 19.2. The molecule has 1 N–H and O–H groups in total. The van der Waals surface area contributed by atoms with Gasteiger partial charge in [0.15, 0.2) is 0 Å². The van der Waals surface area contributed by atoms with Gasteiger partial charge in [0.25, 0.3) is 11.1 Å². The summed E-state index contributed by atoms with van der Waals surface area (Å²) in [7, 11) is 3.13. The number of hydrogen-bond donors (Lipinski definition) is 1. The molecule has 2 aromatic heterocycles. The maximum Gasteiger partial charge on any atom is 0.277 e. The van der Waals surface area contributed by atoms with Crippen LogP contribution >= 0.6 is 11.8 Å². The number of rotatable bonds is 8. The molecular formula is C18H19N3O5S. The summed E-state index contributed by atoms with van der Waals surface area (Å²) < 4.78 is 21.4. The van der Waals surface area contributed by atoms with Crippen molar-refractivity contribution >= 4 is 17.7 Å². The van der Waals surface area contributed by atoms with E-state index in [1.165, 1.54) is 11.8 Å². The van der Waals surface area contributed by atoms with Crippen LogP contribution in [0.4, 0.5) is 0 Å². The Labute approximate surface area is 160 Å². The molecule has 3 aromatic rings. The molecule has 0 saturated carbocycles. The molecule has 27 heavy (non-hydrogen) atoms. The van der Waals surface area contributed by atoms with E-state index in [1.807, 2.05) is 0 Å². The fourth-order valence-electron chi connectivity index (χ4n) is 2.28. The highest BCUT2D eigenvalue weighted by atomic mass is 32.2. The van der Waals surface area contributed by atoms with Gasteiger partial charge in [0.05, 0.1) is 37.8 Å². The van der Waals surface area contributed by atoms with E-state index in [4.69, 9.17) is 18.3 Å². The third-order valence-corrected chi connectivity index (χ3v) is 4.64. The van der Waals surface area contributed by atoms with Gasteiger partial charge in [0.2, 0.25) is 5.91 Å². The van der Waals surface area contributed by atoms with Gasteiger partial charge in [0, 0.05) is 6.07 Å². The van der Waals surface area contributed by atoms with Gasteiger partial charge in [-0.3, -0.25) is 4.79 Å². The number of benzene rings is 1. The lowest BCUT2D eigenvalue weighted by atomic mass is 10.2. The number of amides is 1. The molecule has 0 saturated heterocycles. The molecule has 0 bridgehead atoms. The van der Waals surface area contributed by atoms with Crippen LogP contribution in [0.3, 0.4) is 0 Å². The molecular weight excluding hydrogens is 370 g/mol. The van der Waals surface area contributed by atoms with Gasteiger partial charge in [0.1, 0.15) is 17.3 Å². The van der Waals surface area contributed by atoms with Crippen molar-refractivity contribution in [2.24, 2.45) is 0 Å². The molecule has 0 spiro atoms. The number of carbonyl (C=O) groups excluding carboxylic acids is 1. The van der Waals surface area contributed by atoms with Crippen LogP contribution in [0, 0.1) is 0 Å². The number of hydrogen-bond acceptors (Lipinski definition) is 8. The molecule has 3 rings (SSSR count). The molecule has 1 amide bonds. The summed E-state index contributed by atoms with van der Waals surface area (Å²) >= 11 is 1.18. The third-order valence-electron chi connectivity index (χ3n) is 3.71. The van der Waals surface area contributed by atoms with E-state index in [0.29, 0.717) is 40.5 Å². The maximum atomic E-state index is 12.2. The SMILES string of the molecule is COc1ccc(-c2nnc(S[C@H](C)C(=O)NCc3ccco3)o2)c(OC)c1. The maximum absolute atomic E-state index is 12.2. The van der Waals surface area contributed by atoms with E-state index in [0.717, 1.165) is 0 Å². The lowest BCUT2D eigenvalue weighted by molar-refractivity contribution is -0.120. The first-order valence-electron chi connectivity index (χ1n) is 8.13. The van der Waals surface area contributed by atoms with E-state index < -0.39 is 5.25 Å². The zero-order valence-corrected chi connectivity index (χ0v) is 15.9. The summed E-state index contributed by atoms with van der Waals surface area (Å²) in [6.45, 7) is 2.09. The summed E-state index contributed by atoms with van der Waals surface area (Å²) in [6, 6.07) is 8.85. The molecule has 0 fully saturated rings. The second-order valence-corrected chi connectivity index (χ2v) is 6.79. The number of aromatic nitrogens is 2. The van der Waals surface area contributed by atoms with Crippen molar-refractivity contribution in [3.63, 3.8) is 0 Å². The Kier molecular flexibility index (Phi) is 6.02. The molecule has 9 heteroatoms. The fourth-order valence-corrected chi connectivity index (χ4v) is 2.99. The first-order chi connectivity index (χ1) is 13.1. The average Bonchev–Trinajstić information content (AvgIpc) is 3.37. The summed E-state index contributed by atoms with van der Waals surface area (Å²) in [4.78, 5) is 12.2. The second-order valence-electron chi connectivity index (χ2n) is 5.50. The first-order valence-corrected chi connectivity index (χ1v) is 9.01. The molecule has 0 aliphatic carbocycles. The van der Waals surface area contributed by atoms with Crippen molar-refractivity contribution < 1.29 is 23.1 Å². The van der Waals surface area contributed by atoms with Crippen LogP contribution in [-0.2, 0) is 11.3 Å². The fraction of sp³-hybridized carbons (Fsp3) is 0.278. The highest BCUT2D eigenvalue weighted by Gasteiger charge is 2.20. The lowest BCUT2D eigenvalue weighted by Gasteiger charge is -2.09. The standard InChI is InChI=1S/C18H19N3O5S/c1-11(16(22)19-10-13-5-4-8-25-13)27-18-21-20-17(26-18)14-7-6-12(23-2)9-15(14)24-3/h4-9,11H,10H2,1-3H3,(H,19,22)/t11-/m1/s1. The first kappa shape index (κ1) is 18.8. The Hall–Kier alpha value is -2.94. The van der Waals surface area contributed by atoms with E-state index in [-0.39, 0.29) is 5.91 Å². The van der Waals surface area contributed by atoms with Crippen LogP contribution < -0.4 is 14.8 Å². The normalized spacial score (nSPS) is 11.8. The van der Waals surface area contributed by atoms with Crippen LogP contribution in [0.1, 0.15) is 12.7 Å². The van der Waals surface area contributed by atoms with Gasteiger partial charge in [-0.1, -0.05) is 11.8 Å². The van der Waals surface area contributed by atoms with Crippen molar-refractivity contribution in [3.8, 4) is 23.0 Å². The molecule has 2 heterocycles. The molecule has 0 radical (unpaired) electrons. The molecule has 0 unspecified atom stereocenters. The molecule has 1 aromatic carbocycles. The highest BCUT2D eigenvalue weighted by molar-refractivity contribution is 8.00. The number of nitrogens with zero attached hydrogens (tertiary/aromatic N) is 2. The summed E-state index contributed by atoms with van der Waals surface area (Å²) in [5.41, 5.74) is 0.646. The zero-order valence-electron chi connectivity index (χ0n) is 15.1. The monoisotopic (exact) mass is 389 g/mol. The van der Waals surface area contributed by atoms with Gasteiger partial charge < -0.3 is 23.6 Å². The van der Waals surface area contributed by atoms with Crippen LogP contribution in [-0.4, -0.2) is 35.6 Å². The smallest absolute Gasteiger partial charge is 0.277 e. The van der Waals surface area contributed by atoms with Crippen molar-refractivity contribution in [3.05, 3.63) is 42.4 Å². The summed E-state index contributed by atoms with van der Waals surface area (Å²) in [5.74, 6) is 2.05. The van der Waals surface area contributed by atoms with Gasteiger partial charge in [-0.25, -0.2) is 0 Å². The Morgan fingerprint density at radius 2 is 2.11 bits per heavy atom. The molecule has 0 aliphatic rings. The summed E-state index contributed by atoms with van der Waals surface area (Å²) in [5, 5.41) is 10.7. The number of nitrogens with one attached hydrogen (secondary N) is 1. The van der Waals surface area contributed by atoms with E-state index in [2.05, 4.69) is 15.5 Å². The Morgan fingerprint density at radius 1 is 1.26 bits per heavy atom. The predicted octanol–water partition coefficient (Wildman–Crippen LogP) is 3.14. The number of methoxy groups -OCH3 is 2. The lowest BCUT2D eigenvalue weighted by Crippen LogP contribution is -2.30. The largest absolute Gasteiger partial charge is 0.497 e. The Morgan fingerprint density at radius 3 is 2.81 bits per heavy atom. The topological polar surface area (TPSA) is 99.6 Å².